The minimum Gasteiger partial charge on any atom is -0.465 e. The van der Waals surface area contributed by atoms with Crippen LogP contribution in [0.4, 0.5) is 13.2 Å². The van der Waals surface area contributed by atoms with Crippen molar-refractivity contribution in [3.63, 3.8) is 0 Å². The number of carbonyl (C=O) groups excluding carboxylic acids is 1. The number of alkyl halides is 3. The van der Waals surface area contributed by atoms with Crippen molar-refractivity contribution < 1.29 is 28.8 Å². The Kier molecular flexibility index (Phi) is 4.22. The minimum atomic E-state index is -4.94. The first-order valence-electron chi connectivity index (χ1n) is 7.17. The summed E-state index contributed by atoms with van der Waals surface area (Å²) in [6.45, 7) is 3.57. The predicted molar refractivity (Wildman–Crippen MR) is 76.1 cm³/mol. The van der Waals surface area contributed by atoms with Crippen LogP contribution in [0.2, 0.25) is 0 Å². The Morgan fingerprint density at radius 3 is 2.70 bits per heavy atom. The maximum atomic E-state index is 12.6. The molecule has 1 N–H and O–H groups in total. The summed E-state index contributed by atoms with van der Waals surface area (Å²) < 4.78 is 54.4. The van der Waals surface area contributed by atoms with Crippen LogP contribution in [-0.2, 0) is 4.74 Å². The van der Waals surface area contributed by atoms with E-state index in [1.54, 1.807) is 13.8 Å². The molecule has 2 aromatic rings. The van der Waals surface area contributed by atoms with Crippen LogP contribution in [0.25, 0.3) is 11.3 Å². The zero-order chi connectivity index (χ0) is 18.1. The van der Waals surface area contributed by atoms with Crippen molar-refractivity contribution in [1.29, 1.82) is 0 Å². The number of esters is 1. The Hall–Kier alpha value is -2.51. The van der Waals surface area contributed by atoms with Crippen LogP contribution in [0.15, 0.2) is 24.4 Å². The number of carbonyl (C=O) groups is 1. The fraction of sp³-hybridized carbons (Fsp3) is 0.333. The van der Waals surface area contributed by atoms with E-state index in [2.05, 4.69) is 19.4 Å². The van der Waals surface area contributed by atoms with Gasteiger partial charge < -0.3 is 14.5 Å². The number of nitrogens with zero attached hydrogens (tertiary/aromatic N) is 1. The highest BCUT2D eigenvalue weighted by molar-refractivity contribution is 5.97. The molecule has 0 amide bonds. The van der Waals surface area contributed by atoms with E-state index in [1.165, 1.54) is 12.1 Å². The van der Waals surface area contributed by atoms with Crippen molar-refractivity contribution in [2.24, 2.45) is 0 Å². The van der Waals surface area contributed by atoms with Crippen LogP contribution in [-0.4, -0.2) is 29.4 Å². The van der Waals surface area contributed by atoms with E-state index in [-0.39, 0.29) is 28.8 Å². The Labute approximate surface area is 131 Å². The molecule has 0 radical (unpaired) electrons. The summed E-state index contributed by atoms with van der Waals surface area (Å²) in [5.74, 6) is -1.70. The number of aromatic amines is 1. The molecule has 0 spiro atoms. The van der Waals surface area contributed by atoms with Crippen LogP contribution in [0.3, 0.4) is 0 Å². The van der Waals surface area contributed by atoms with Crippen LogP contribution >= 0.6 is 0 Å². The van der Waals surface area contributed by atoms with Gasteiger partial charge in [0.2, 0.25) is 5.88 Å². The SMILES string of the molecule is [2H]c1c(C(C)C)[nH]c(-c2cccnc2OC(F)(F)F)c1C(=O)OC. The molecule has 0 saturated heterocycles. The van der Waals surface area contributed by atoms with Gasteiger partial charge in [-0.15, -0.1) is 13.2 Å². The van der Waals surface area contributed by atoms with E-state index in [0.29, 0.717) is 5.69 Å². The van der Waals surface area contributed by atoms with E-state index < -0.39 is 18.2 Å². The summed E-state index contributed by atoms with van der Waals surface area (Å²) in [5.41, 5.74) is 0.145. The second-order valence-corrected chi connectivity index (χ2v) is 4.96. The van der Waals surface area contributed by atoms with Gasteiger partial charge in [-0.3, -0.25) is 0 Å². The first kappa shape index (κ1) is 15.4. The lowest BCUT2D eigenvalue weighted by molar-refractivity contribution is -0.275. The van der Waals surface area contributed by atoms with Crippen molar-refractivity contribution in [2.45, 2.75) is 26.1 Å². The van der Waals surface area contributed by atoms with Crippen molar-refractivity contribution in [2.75, 3.05) is 7.11 Å². The van der Waals surface area contributed by atoms with Gasteiger partial charge in [-0.1, -0.05) is 13.8 Å². The molecule has 0 bridgehead atoms. The highest BCUT2D eigenvalue weighted by Crippen LogP contribution is 2.35. The molecular formula is C15H15F3N2O3. The highest BCUT2D eigenvalue weighted by Gasteiger charge is 2.34. The Bertz CT molecular complexity index is 757. The number of ether oxygens (including phenoxy) is 2. The summed E-state index contributed by atoms with van der Waals surface area (Å²) in [4.78, 5) is 18.4. The van der Waals surface area contributed by atoms with Crippen LogP contribution in [0, 0.1) is 0 Å². The maximum absolute atomic E-state index is 12.6. The molecule has 0 aliphatic rings. The Morgan fingerprint density at radius 2 is 2.13 bits per heavy atom. The first-order valence-corrected chi connectivity index (χ1v) is 6.67. The number of nitrogens with one attached hydrogen (secondary N) is 1. The third-order valence-corrected chi connectivity index (χ3v) is 2.99. The molecule has 124 valence electrons. The summed E-state index contributed by atoms with van der Waals surface area (Å²) in [6, 6.07) is 2.59. The van der Waals surface area contributed by atoms with Crippen molar-refractivity contribution in [1.82, 2.24) is 9.97 Å². The third-order valence-electron chi connectivity index (χ3n) is 2.99. The number of aromatic nitrogens is 2. The quantitative estimate of drug-likeness (QED) is 0.865. The molecule has 0 aliphatic carbocycles. The fourth-order valence-corrected chi connectivity index (χ4v) is 1.94. The highest BCUT2D eigenvalue weighted by atomic mass is 19.4. The van der Waals surface area contributed by atoms with Gasteiger partial charge in [0.15, 0.2) is 0 Å². The lowest BCUT2D eigenvalue weighted by Gasteiger charge is -2.12. The second kappa shape index (κ2) is 6.31. The molecule has 2 rings (SSSR count). The van der Waals surface area contributed by atoms with E-state index >= 15 is 0 Å². The van der Waals surface area contributed by atoms with Gasteiger partial charge in [-0.05, 0) is 24.1 Å². The average molecular weight is 329 g/mol. The standard InChI is InChI=1S/C15H15F3N2O3/c1-8(2)11-7-10(14(21)22-3)12(20-11)9-5-4-6-19-13(9)23-15(16,17)18/h4-8,20H,1-3H3/i7D. The van der Waals surface area contributed by atoms with Crippen LogP contribution in [0.5, 0.6) is 5.88 Å². The topological polar surface area (TPSA) is 64.2 Å². The number of hydrogen-bond donors (Lipinski definition) is 1. The maximum Gasteiger partial charge on any atom is 0.574 e. The molecule has 8 heteroatoms. The van der Waals surface area contributed by atoms with E-state index in [9.17, 15) is 18.0 Å². The van der Waals surface area contributed by atoms with Gasteiger partial charge in [0.25, 0.3) is 0 Å². The number of hydrogen-bond acceptors (Lipinski definition) is 4. The van der Waals surface area contributed by atoms with Crippen molar-refractivity contribution >= 4 is 5.97 Å². The summed E-state index contributed by atoms with van der Waals surface area (Å²) in [7, 11) is 1.13. The molecule has 0 aliphatic heterocycles. The van der Waals surface area contributed by atoms with Crippen LogP contribution in [0.1, 0.15) is 37.2 Å². The average Bonchev–Trinajstić information content (AvgIpc) is 2.83. The predicted octanol–water partition coefficient (Wildman–Crippen LogP) is 3.89. The summed E-state index contributed by atoms with van der Waals surface area (Å²) >= 11 is 0. The normalized spacial score (nSPS) is 12.2. The van der Waals surface area contributed by atoms with Crippen molar-refractivity contribution in [3.05, 3.63) is 35.6 Å². The van der Waals surface area contributed by atoms with E-state index in [4.69, 9.17) is 1.37 Å². The monoisotopic (exact) mass is 329 g/mol. The van der Waals surface area contributed by atoms with Gasteiger partial charge in [0.05, 0.1) is 25.3 Å². The number of H-pyrrole nitrogens is 1. The molecule has 0 aromatic carbocycles. The van der Waals surface area contributed by atoms with Crippen LogP contribution < -0.4 is 4.74 Å². The Morgan fingerprint density at radius 1 is 1.43 bits per heavy atom. The molecular weight excluding hydrogens is 313 g/mol. The van der Waals surface area contributed by atoms with E-state index in [0.717, 1.165) is 13.3 Å². The number of halogens is 3. The molecule has 2 aromatic heterocycles. The lowest BCUT2D eigenvalue weighted by Crippen LogP contribution is -2.18. The summed E-state index contributed by atoms with van der Waals surface area (Å²) in [6.07, 6.45) is -3.80. The first-order chi connectivity index (χ1) is 11.2. The number of methoxy groups -OCH3 is 1. The summed E-state index contributed by atoms with van der Waals surface area (Å²) in [5, 5.41) is 0. The fourth-order valence-electron chi connectivity index (χ4n) is 1.94. The molecule has 0 unspecified atom stereocenters. The number of pyridine rings is 1. The molecule has 0 atom stereocenters. The zero-order valence-electron chi connectivity index (χ0n) is 13.6. The smallest absolute Gasteiger partial charge is 0.465 e. The zero-order valence-corrected chi connectivity index (χ0v) is 12.6. The molecule has 0 saturated carbocycles. The molecule has 23 heavy (non-hydrogen) atoms. The third kappa shape index (κ3) is 3.82. The van der Waals surface area contributed by atoms with Gasteiger partial charge >= 0.3 is 12.3 Å². The van der Waals surface area contributed by atoms with E-state index in [1.807, 2.05) is 0 Å². The van der Waals surface area contributed by atoms with Gasteiger partial charge in [-0.25, -0.2) is 9.78 Å². The molecule has 5 nitrogen and oxygen atoms in total. The minimum absolute atomic E-state index is 0.00269. The lowest BCUT2D eigenvalue weighted by atomic mass is 10.1. The largest absolute Gasteiger partial charge is 0.574 e. The van der Waals surface area contributed by atoms with Gasteiger partial charge in [0.1, 0.15) is 0 Å². The van der Waals surface area contributed by atoms with Gasteiger partial charge in [0, 0.05) is 11.9 Å². The van der Waals surface area contributed by atoms with Gasteiger partial charge in [-0.2, -0.15) is 0 Å². The second-order valence-electron chi connectivity index (χ2n) is 4.96. The molecule has 0 fully saturated rings. The molecule has 2 heterocycles. The number of rotatable bonds is 4. The Balaban J connectivity index is 2.69. The van der Waals surface area contributed by atoms with Crippen molar-refractivity contribution in [3.8, 4) is 17.1 Å².